The topological polar surface area (TPSA) is 72.9 Å². The monoisotopic (exact) mass is 286 g/mol. The van der Waals surface area contributed by atoms with Crippen LogP contribution in [0.25, 0.3) is 11.0 Å². The number of aromatic nitrogens is 5. The zero-order valence-electron chi connectivity index (χ0n) is 12.2. The summed E-state index contributed by atoms with van der Waals surface area (Å²) < 4.78 is 6.89. The fraction of sp³-hybridized carbons (Fsp3) is 0.429. The van der Waals surface area contributed by atoms with E-state index in [0.29, 0.717) is 0 Å². The summed E-state index contributed by atoms with van der Waals surface area (Å²) in [6.45, 7) is 4.58. The summed E-state index contributed by atoms with van der Waals surface area (Å²) >= 11 is 0. The first kappa shape index (κ1) is 13.7. The van der Waals surface area contributed by atoms with Gasteiger partial charge in [0.15, 0.2) is 0 Å². The Balaban J connectivity index is 1.73. The van der Waals surface area contributed by atoms with Crippen LogP contribution in [0.2, 0.25) is 0 Å². The minimum absolute atomic E-state index is 0.738. The zero-order chi connectivity index (χ0) is 14.7. The highest BCUT2D eigenvalue weighted by molar-refractivity contribution is 5.76. The lowest BCUT2D eigenvalue weighted by molar-refractivity contribution is 0.301. The van der Waals surface area contributed by atoms with Crippen LogP contribution in [0.15, 0.2) is 29.2 Å². The van der Waals surface area contributed by atoms with Gasteiger partial charge in [0.25, 0.3) is 0 Å². The van der Waals surface area contributed by atoms with Crippen molar-refractivity contribution in [1.82, 2.24) is 30.0 Å². The standard InChI is InChI=1S/C14H18N6O/c1-3-7-20-10-15-16-13(20)9-19(2)8-11-5-4-6-12-14(11)18-21-17-12/h4-6,10H,3,7-9H2,1-2H3. The summed E-state index contributed by atoms with van der Waals surface area (Å²) in [7, 11) is 2.05. The van der Waals surface area contributed by atoms with Gasteiger partial charge in [-0.1, -0.05) is 19.1 Å². The molecular weight excluding hydrogens is 268 g/mol. The summed E-state index contributed by atoms with van der Waals surface area (Å²) in [5.74, 6) is 0.977. The molecular formula is C14H18N6O. The van der Waals surface area contributed by atoms with Gasteiger partial charge in [-0.05, 0) is 35.4 Å². The van der Waals surface area contributed by atoms with Crippen LogP contribution >= 0.6 is 0 Å². The Morgan fingerprint density at radius 1 is 1.24 bits per heavy atom. The van der Waals surface area contributed by atoms with Gasteiger partial charge in [0, 0.05) is 13.1 Å². The molecule has 0 spiro atoms. The van der Waals surface area contributed by atoms with E-state index >= 15 is 0 Å². The van der Waals surface area contributed by atoms with Crippen molar-refractivity contribution in [3.8, 4) is 0 Å². The van der Waals surface area contributed by atoms with E-state index in [1.807, 2.05) is 18.2 Å². The normalized spacial score (nSPS) is 11.6. The highest BCUT2D eigenvalue weighted by Crippen LogP contribution is 2.16. The first-order valence-corrected chi connectivity index (χ1v) is 7.03. The van der Waals surface area contributed by atoms with E-state index in [2.05, 4.69) is 43.9 Å². The first-order chi connectivity index (χ1) is 10.3. The van der Waals surface area contributed by atoms with Gasteiger partial charge in [0.1, 0.15) is 23.2 Å². The number of hydrogen-bond donors (Lipinski definition) is 0. The van der Waals surface area contributed by atoms with E-state index in [1.165, 1.54) is 0 Å². The Kier molecular flexibility index (Phi) is 3.92. The summed E-state index contributed by atoms with van der Waals surface area (Å²) in [4.78, 5) is 2.18. The van der Waals surface area contributed by atoms with Crippen LogP contribution in [0, 0.1) is 0 Å². The van der Waals surface area contributed by atoms with Crippen LogP contribution in [-0.4, -0.2) is 37.0 Å². The minimum Gasteiger partial charge on any atom is -0.317 e. The Bertz CT molecular complexity index is 719. The number of rotatable bonds is 6. The fourth-order valence-electron chi connectivity index (χ4n) is 2.41. The van der Waals surface area contributed by atoms with Crippen LogP contribution in [0.5, 0.6) is 0 Å². The predicted octanol–water partition coefficient (Wildman–Crippen LogP) is 1.86. The second-order valence-electron chi connectivity index (χ2n) is 5.16. The quantitative estimate of drug-likeness (QED) is 0.688. The van der Waals surface area contributed by atoms with Crippen LogP contribution in [0.1, 0.15) is 24.7 Å². The molecule has 7 heteroatoms. The minimum atomic E-state index is 0.738. The molecule has 0 N–H and O–H groups in total. The smallest absolute Gasteiger partial charge is 0.147 e. The van der Waals surface area contributed by atoms with Gasteiger partial charge < -0.3 is 4.57 Å². The average Bonchev–Trinajstić information content (AvgIpc) is 3.09. The maximum absolute atomic E-state index is 4.80. The van der Waals surface area contributed by atoms with Gasteiger partial charge in [-0.2, -0.15) is 0 Å². The van der Waals surface area contributed by atoms with Gasteiger partial charge in [-0.15, -0.1) is 10.2 Å². The number of benzene rings is 1. The lowest BCUT2D eigenvalue weighted by atomic mass is 10.2. The third-order valence-corrected chi connectivity index (χ3v) is 3.38. The van der Waals surface area contributed by atoms with Gasteiger partial charge >= 0.3 is 0 Å². The van der Waals surface area contributed by atoms with E-state index in [9.17, 15) is 0 Å². The van der Waals surface area contributed by atoms with Crippen molar-refractivity contribution in [3.05, 3.63) is 35.9 Å². The van der Waals surface area contributed by atoms with Crippen molar-refractivity contribution in [2.75, 3.05) is 7.05 Å². The van der Waals surface area contributed by atoms with E-state index in [1.54, 1.807) is 6.33 Å². The van der Waals surface area contributed by atoms with Crippen LogP contribution in [0.4, 0.5) is 0 Å². The largest absolute Gasteiger partial charge is 0.317 e. The first-order valence-electron chi connectivity index (χ1n) is 7.03. The maximum Gasteiger partial charge on any atom is 0.147 e. The van der Waals surface area contributed by atoms with Crippen molar-refractivity contribution >= 4 is 11.0 Å². The summed E-state index contributed by atoms with van der Waals surface area (Å²) in [6.07, 6.45) is 2.85. The van der Waals surface area contributed by atoms with Gasteiger partial charge in [-0.25, -0.2) is 4.63 Å². The van der Waals surface area contributed by atoms with E-state index in [-0.39, 0.29) is 0 Å². The molecule has 0 atom stereocenters. The number of hydrogen-bond acceptors (Lipinski definition) is 6. The molecule has 0 unspecified atom stereocenters. The van der Waals surface area contributed by atoms with E-state index < -0.39 is 0 Å². The molecule has 0 bridgehead atoms. The molecule has 0 fully saturated rings. The van der Waals surface area contributed by atoms with Crippen LogP contribution < -0.4 is 0 Å². The van der Waals surface area contributed by atoms with Crippen molar-refractivity contribution in [2.45, 2.75) is 33.0 Å². The third-order valence-electron chi connectivity index (χ3n) is 3.38. The SMILES string of the molecule is CCCn1cnnc1CN(C)Cc1cccc2nonc12. The van der Waals surface area contributed by atoms with Crippen LogP contribution in [-0.2, 0) is 19.6 Å². The molecule has 0 saturated heterocycles. The highest BCUT2D eigenvalue weighted by Gasteiger charge is 2.11. The van der Waals surface area contributed by atoms with Crippen LogP contribution in [0.3, 0.4) is 0 Å². The lowest BCUT2D eigenvalue weighted by Gasteiger charge is -2.16. The van der Waals surface area contributed by atoms with Gasteiger partial charge in [0.2, 0.25) is 0 Å². The van der Waals surface area contributed by atoms with Crippen molar-refractivity contribution in [1.29, 1.82) is 0 Å². The maximum atomic E-state index is 4.80. The molecule has 0 radical (unpaired) electrons. The predicted molar refractivity (Wildman–Crippen MR) is 77.3 cm³/mol. The summed E-state index contributed by atoms with van der Waals surface area (Å²) in [5, 5.41) is 16.0. The molecule has 0 saturated carbocycles. The second-order valence-corrected chi connectivity index (χ2v) is 5.16. The van der Waals surface area contributed by atoms with Crippen molar-refractivity contribution in [2.24, 2.45) is 0 Å². The number of fused-ring (bicyclic) bond motifs is 1. The molecule has 0 amide bonds. The van der Waals surface area contributed by atoms with E-state index in [0.717, 1.165) is 48.5 Å². The van der Waals surface area contributed by atoms with Crippen molar-refractivity contribution in [3.63, 3.8) is 0 Å². The number of aryl methyl sites for hydroxylation is 1. The Labute approximate surface area is 122 Å². The average molecular weight is 286 g/mol. The summed E-state index contributed by atoms with van der Waals surface area (Å²) in [5.41, 5.74) is 2.70. The molecule has 0 aliphatic carbocycles. The second kappa shape index (κ2) is 6.01. The summed E-state index contributed by atoms with van der Waals surface area (Å²) in [6, 6.07) is 5.91. The highest BCUT2D eigenvalue weighted by atomic mass is 16.6. The molecule has 110 valence electrons. The molecule has 1 aromatic carbocycles. The number of nitrogens with zero attached hydrogens (tertiary/aromatic N) is 6. The lowest BCUT2D eigenvalue weighted by Crippen LogP contribution is -2.20. The molecule has 0 aliphatic rings. The van der Waals surface area contributed by atoms with Gasteiger partial charge in [-0.3, -0.25) is 4.90 Å². The third kappa shape index (κ3) is 2.92. The molecule has 3 rings (SSSR count). The van der Waals surface area contributed by atoms with Gasteiger partial charge in [0.05, 0.1) is 6.54 Å². The Hall–Kier alpha value is -2.28. The molecule has 2 aromatic heterocycles. The molecule has 3 aromatic rings. The molecule has 21 heavy (non-hydrogen) atoms. The Morgan fingerprint density at radius 3 is 3.00 bits per heavy atom. The fourth-order valence-corrected chi connectivity index (χ4v) is 2.41. The molecule has 0 aliphatic heterocycles. The molecule has 2 heterocycles. The van der Waals surface area contributed by atoms with Crippen molar-refractivity contribution < 1.29 is 4.63 Å². The Morgan fingerprint density at radius 2 is 2.14 bits per heavy atom. The molecule has 7 nitrogen and oxygen atoms in total. The zero-order valence-corrected chi connectivity index (χ0v) is 12.2. The van der Waals surface area contributed by atoms with E-state index in [4.69, 9.17) is 4.63 Å².